The summed E-state index contributed by atoms with van der Waals surface area (Å²) in [6, 6.07) is 28.6. The summed E-state index contributed by atoms with van der Waals surface area (Å²) >= 11 is 0. The minimum Gasteiger partial charge on any atom is -0.461 e. The second kappa shape index (κ2) is 35.6. The van der Waals surface area contributed by atoms with Crippen LogP contribution in [0.25, 0.3) is 0 Å². The summed E-state index contributed by atoms with van der Waals surface area (Å²) in [5.74, 6) is -1.58. The Morgan fingerprint density at radius 2 is 0.894 bits per heavy atom. The van der Waals surface area contributed by atoms with Crippen LogP contribution < -0.4 is 16.0 Å². The first-order chi connectivity index (χ1) is 31.5. The third kappa shape index (κ3) is 31.3. The Bertz CT molecular complexity index is 1790. The summed E-state index contributed by atoms with van der Waals surface area (Å²) in [7, 11) is 1.58. The molecule has 0 bridgehead atoms. The maximum atomic E-state index is 11.9. The molecule has 0 spiro atoms. The van der Waals surface area contributed by atoms with Gasteiger partial charge in [-0.15, -0.1) is 0 Å². The number of amides is 3. The van der Waals surface area contributed by atoms with Crippen LogP contribution in [0.1, 0.15) is 117 Å². The number of esters is 3. The average Bonchev–Trinajstić information content (AvgIpc) is 3.32. The normalized spacial score (nSPS) is 12.0. The lowest BCUT2D eigenvalue weighted by molar-refractivity contribution is -0.146. The number of hydrogen-bond donors (Lipinski definition) is 3. The molecule has 366 valence electrons. The topological polar surface area (TPSA) is 185 Å². The van der Waals surface area contributed by atoms with Gasteiger partial charge < -0.3 is 39.6 Å². The Morgan fingerprint density at radius 1 is 0.530 bits per heavy atom. The van der Waals surface area contributed by atoms with Crippen molar-refractivity contribution >= 4 is 35.6 Å². The molecule has 3 aromatic rings. The van der Waals surface area contributed by atoms with E-state index in [2.05, 4.69) is 43.6 Å². The van der Waals surface area contributed by atoms with Gasteiger partial charge in [0.15, 0.2) is 0 Å². The summed E-state index contributed by atoms with van der Waals surface area (Å²) in [6.07, 6.45) is 4.25. The number of methoxy groups -OCH3 is 1. The molecule has 0 saturated heterocycles. The summed E-state index contributed by atoms with van der Waals surface area (Å²) in [5, 5.41) is 8.44. The smallest absolute Gasteiger partial charge is 0.306 e. The van der Waals surface area contributed by atoms with E-state index in [1.807, 2.05) is 105 Å². The summed E-state index contributed by atoms with van der Waals surface area (Å²) < 4.78 is 25.5. The van der Waals surface area contributed by atoms with Crippen LogP contribution in [0.3, 0.4) is 0 Å². The van der Waals surface area contributed by atoms with Crippen molar-refractivity contribution in [3.05, 3.63) is 108 Å². The maximum absolute atomic E-state index is 11.9. The highest BCUT2D eigenvalue weighted by Crippen LogP contribution is 2.14. The van der Waals surface area contributed by atoms with Gasteiger partial charge in [-0.3, -0.25) is 28.8 Å². The van der Waals surface area contributed by atoms with Crippen LogP contribution >= 0.6 is 0 Å². The Balaban J connectivity index is 0.000000496. The summed E-state index contributed by atoms with van der Waals surface area (Å²) in [5.41, 5.74) is 2.94. The zero-order valence-corrected chi connectivity index (χ0v) is 40.7. The summed E-state index contributed by atoms with van der Waals surface area (Å²) in [6.45, 7) is 17.0. The van der Waals surface area contributed by atoms with E-state index in [0.717, 1.165) is 29.5 Å². The van der Waals surface area contributed by atoms with Crippen molar-refractivity contribution in [2.45, 2.75) is 120 Å². The second-order valence-corrected chi connectivity index (χ2v) is 17.3. The van der Waals surface area contributed by atoms with Gasteiger partial charge in [-0.2, -0.15) is 0 Å². The predicted octanol–water partition coefficient (Wildman–Crippen LogP) is 8.25. The molecule has 3 amide bonds. The Hall–Kier alpha value is -5.60. The molecule has 0 saturated carbocycles. The fourth-order valence-electron chi connectivity index (χ4n) is 5.43. The van der Waals surface area contributed by atoms with Crippen molar-refractivity contribution in [2.24, 2.45) is 23.2 Å². The van der Waals surface area contributed by atoms with E-state index >= 15 is 0 Å². The van der Waals surface area contributed by atoms with Crippen LogP contribution in [0, 0.1) is 23.2 Å². The molecule has 0 aliphatic carbocycles. The van der Waals surface area contributed by atoms with Crippen LogP contribution in [0.4, 0.5) is 0 Å². The number of hydrogen-bond acceptors (Lipinski definition) is 11. The fourth-order valence-corrected chi connectivity index (χ4v) is 5.43. The van der Waals surface area contributed by atoms with E-state index in [9.17, 15) is 28.8 Å². The largest absolute Gasteiger partial charge is 0.461 e. The second-order valence-electron chi connectivity index (χ2n) is 17.3. The quantitative estimate of drug-likeness (QED) is 0.0290. The molecule has 0 heterocycles. The average molecular weight is 920 g/mol. The zero-order chi connectivity index (χ0) is 49.0. The molecular weight excluding hydrogens is 843 g/mol. The van der Waals surface area contributed by atoms with Gasteiger partial charge in [0.05, 0.1) is 13.2 Å². The Labute approximate surface area is 393 Å². The van der Waals surface area contributed by atoms with E-state index in [0.29, 0.717) is 45.6 Å². The van der Waals surface area contributed by atoms with Gasteiger partial charge >= 0.3 is 17.9 Å². The highest BCUT2D eigenvalue weighted by molar-refractivity contribution is 5.80. The molecule has 0 radical (unpaired) electrons. The molecule has 3 aromatic carbocycles. The first-order valence-corrected chi connectivity index (χ1v) is 23.0. The number of unbranched alkanes of at least 4 members (excludes halogenated alkanes) is 1. The monoisotopic (exact) mass is 920 g/mol. The first-order valence-electron chi connectivity index (χ1n) is 23.0. The third-order valence-electron chi connectivity index (χ3n) is 9.82. The molecular formula is C52H77N3O11. The van der Waals surface area contributed by atoms with E-state index in [4.69, 9.17) is 23.7 Å². The van der Waals surface area contributed by atoms with Crippen LogP contribution in [-0.4, -0.2) is 75.8 Å². The number of carbonyl (C=O) groups excluding carboxylic acids is 6. The summed E-state index contributed by atoms with van der Waals surface area (Å²) in [4.78, 5) is 70.5. The van der Waals surface area contributed by atoms with Crippen molar-refractivity contribution in [2.75, 3.05) is 40.1 Å². The highest BCUT2D eigenvalue weighted by atomic mass is 16.5. The van der Waals surface area contributed by atoms with Crippen LogP contribution in [-0.2, 0) is 72.3 Å². The van der Waals surface area contributed by atoms with E-state index in [1.165, 1.54) is 0 Å². The molecule has 66 heavy (non-hydrogen) atoms. The Kier molecular flexibility index (Phi) is 31.5. The number of benzene rings is 3. The zero-order valence-electron chi connectivity index (χ0n) is 40.7. The molecule has 3 atom stereocenters. The first kappa shape index (κ1) is 58.4. The predicted molar refractivity (Wildman–Crippen MR) is 255 cm³/mol. The van der Waals surface area contributed by atoms with Crippen molar-refractivity contribution < 1.29 is 52.5 Å². The molecule has 0 aliphatic rings. The Morgan fingerprint density at radius 3 is 1.24 bits per heavy atom. The van der Waals surface area contributed by atoms with E-state index in [1.54, 1.807) is 14.0 Å². The fraction of sp³-hybridized carbons (Fsp3) is 0.538. The molecule has 3 rings (SSSR count). The third-order valence-corrected chi connectivity index (χ3v) is 9.82. The van der Waals surface area contributed by atoms with Gasteiger partial charge in [-0.05, 0) is 47.8 Å². The molecule has 0 aliphatic heterocycles. The van der Waals surface area contributed by atoms with Gasteiger partial charge in [-0.25, -0.2) is 0 Å². The molecule has 14 nitrogen and oxygen atoms in total. The van der Waals surface area contributed by atoms with Gasteiger partial charge in [0.1, 0.15) is 26.6 Å². The van der Waals surface area contributed by atoms with Crippen molar-refractivity contribution in [3.8, 4) is 0 Å². The number of nitrogens with one attached hydrogen (secondary N) is 3. The van der Waals surface area contributed by atoms with Crippen LogP contribution in [0.5, 0.6) is 0 Å². The number of rotatable bonds is 27. The lowest BCUT2D eigenvalue weighted by Crippen LogP contribution is -2.35. The van der Waals surface area contributed by atoms with Crippen molar-refractivity contribution in [1.82, 2.24) is 16.0 Å². The maximum Gasteiger partial charge on any atom is 0.306 e. The minimum absolute atomic E-state index is 0.00853. The van der Waals surface area contributed by atoms with Gasteiger partial charge in [0.25, 0.3) is 0 Å². The SMILES string of the molecule is CC(CCC(=O)OCc1ccccc1)C(=O)NCC(C)(C)C.CCCCNC(=O)C(C)CCC(=O)OCc1ccccc1.COCCOCNC(=O)C(C)CCC(=O)OCc1ccccc1. The van der Waals surface area contributed by atoms with Gasteiger partial charge in [-0.1, -0.05) is 146 Å². The molecule has 14 heteroatoms. The van der Waals surface area contributed by atoms with Crippen LogP contribution in [0.15, 0.2) is 91.0 Å². The minimum atomic E-state index is -0.301. The highest BCUT2D eigenvalue weighted by Gasteiger charge is 2.19. The van der Waals surface area contributed by atoms with Gasteiger partial charge in [0, 0.05) is 57.2 Å². The molecule has 0 fully saturated rings. The van der Waals surface area contributed by atoms with Gasteiger partial charge in [0.2, 0.25) is 17.7 Å². The molecule has 3 unspecified atom stereocenters. The van der Waals surface area contributed by atoms with Crippen molar-refractivity contribution in [3.63, 3.8) is 0 Å². The molecule has 0 aromatic heterocycles. The lowest BCUT2D eigenvalue weighted by Gasteiger charge is -2.20. The van der Waals surface area contributed by atoms with E-state index < -0.39 is 0 Å². The number of carbonyl (C=O) groups is 6. The van der Waals surface area contributed by atoms with E-state index in [-0.39, 0.29) is 105 Å². The standard InChI is InChI=1S/C18H27NO3.C17H25NO5.C17H25NO3/c1-14(17(21)19-13-18(2,3)4)10-11-16(20)22-12-15-8-6-5-7-9-15;1-14(17(20)18-13-22-11-10-21-2)8-9-16(19)23-12-15-6-4-3-5-7-15;1-3-4-12-18-17(20)14(2)10-11-16(19)21-13-15-8-6-5-7-9-15/h5-9,14H,10-13H2,1-4H3,(H,19,21);3-7,14H,8-13H2,1-2H3,(H,18,20);5-9,14H,3-4,10-13H2,1-2H3,(H,18,20). The lowest BCUT2D eigenvalue weighted by atomic mass is 9.96. The van der Waals surface area contributed by atoms with Crippen molar-refractivity contribution in [1.29, 1.82) is 0 Å². The molecule has 3 N–H and O–H groups in total. The van der Waals surface area contributed by atoms with Crippen LogP contribution in [0.2, 0.25) is 0 Å². The number of ether oxygens (including phenoxy) is 5.